The summed E-state index contributed by atoms with van der Waals surface area (Å²) in [5, 5.41) is 5.48. The largest absolute Gasteiger partial charge is 3.00 e. The number of nitrogens with zero attached hydrogens (tertiary/aromatic N) is 1. The number of aryl methyl sites for hydroxylation is 1. The zero-order valence-corrected chi connectivity index (χ0v) is 20.1. The van der Waals surface area contributed by atoms with Gasteiger partial charge in [-0.15, -0.1) is 33.7 Å². The quantitative estimate of drug-likeness (QED) is 0.335. The summed E-state index contributed by atoms with van der Waals surface area (Å²) < 4.78 is 2.33. The van der Waals surface area contributed by atoms with E-state index in [-0.39, 0.29) is 51.0 Å². The number of benzene rings is 2. The van der Waals surface area contributed by atoms with Crippen molar-refractivity contribution < 1.29 is 51.0 Å². The molecule has 1 aromatic heterocycles. The number of allylic oxidation sites excluding steroid dienone is 4. The van der Waals surface area contributed by atoms with Crippen LogP contribution in [0.5, 0.6) is 0 Å². The fourth-order valence-electron chi connectivity index (χ4n) is 5.12. The van der Waals surface area contributed by atoms with Gasteiger partial charge in [0, 0.05) is 24.9 Å². The predicted molar refractivity (Wildman–Crippen MR) is 110 cm³/mol. The molecule has 1 nitrogen and oxygen atoms in total. The Hall–Kier alpha value is -1.47. The van der Waals surface area contributed by atoms with Crippen molar-refractivity contribution in [2.45, 2.75) is 18.8 Å². The Kier molecular flexibility index (Phi) is 6.39. The van der Waals surface area contributed by atoms with E-state index in [0.717, 1.165) is 12.8 Å². The van der Waals surface area contributed by atoms with E-state index in [9.17, 15) is 0 Å². The van der Waals surface area contributed by atoms with Gasteiger partial charge in [0.15, 0.2) is 0 Å². The zero-order chi connectivity index (χ0) is 17.3. The molecule has 0 saturated heterocycles. The van der Waals surface area contributed by atoms with Crippen molar-refractivity contribution in [3.63, 3.8) is 0 Å². The first-order valence-corrected chi connectivity index (χ1v) is 9.45. The van der Waals surface area contributed by atoms with Gasteiger partial charge in [0.2, 0.25) is 0 Å². The van der Waals surface area contributed by atoms with E-state index >= 15 is 0 Å². The first-order valence-electron chi connectivity index (χ1n) is 9.45. The summed E-state index contributed by atoms with van der Waals surface area (Å²) >= 11 is 0. The van der Waals surface area contributed by atoms with E-state index < -0.39 is 0 Å². The average Bonchev–Trinajstić information content (AvgIpc) is 3.33. The van der Waals surface area contributed by atoms with Crippen LogP contribution in [0.2, 0.25) is 0 Å². The van der Waals surface area contributed by atoms with E-state index in [1.54, 1.807) is 5.57 Å². The minimum Gasteiger partial charge on any atom is -1.00 e. The van der Waals surface area contributed by atoms with Crippen molar-refractivity contribution in [3.05, 3.63) is 95.3 Å². The van der Waals surface area contributed by atoms with Gasteiger partial charge in [-0.25, -0.2) is 0 Å². The summed E-state index contributed by atoms with van der Waals surface area (Å²) in [6, 6.07) is 20.3. The van der Waals surface area contributed by atoms with Gasteiger partial charge in [0.1, 0.15) is 0 Å². The number of rotatable bonds is 1. The zero-order valence-electron chi connectivity index (χ0n) is 16.1. The first kappa shape index (κ1) is 22.2. The molecule has 1 radical (unpaired) electrons. The predicted octanol–water partition coefficient (Wildman–Crippen LogP) is 0.305. The van der Waals surface area contributed by atoms with Crippen LogP contribution in [-0.4, -0.2) is 4.57 Å². The second-order valence-electron chi connectivity index (χ2n) is 7.57. The molecule has 1 unspecified atom stereocenters. The van der Waals surface area contributed by atoms with E-state index in [4.69, 9.17) is 0 Å². The average molecular weight is 497 g/mol. The van der Waals surface area contributed by atoms with E-state index in [2.05, 4.69) is 84.6 Å². The normalized spacial score (nSPS) is 16.8. The van der Waals surface area contributed by atoms with Crippen molar-refractivity contribution in [1.29, 1.82) is 0 Å². The Morgan fingerprint density at radius 3 is 2.62 bits per heavy atom. The van der Waals surface area contributed by atoms with Crippen LogP contribution >= 0.6 is 0 Å². The summed E-state index contributed by atoms with van der Waals surface area (Å²) in [4.78, 5) is 0. The molecule has 4 aromatic rings. The molecule has 6 rings (SSSR count). The number of fused-ring (bicyclic) bond motifs is 5. The molecule has 0 bridgehead atoms. The van der Waals surface area contributed by atoms with E-state index in [0.29, 0.717) is 5.92 Å². The van der Waals surface area contributed by atoms with Crippen molar-refractivity contribution in [3.8, 4) is 0 Å². The molecule has 4 heteroatoms. The summed E-state index contributed by atoms with van der Waals surface area (Å²) in [5.74, 6) is 0.345. The first-order chi connectivity index (χ1) is 12.8. The van der Waals surface area contributed by atoms with Gasteiger partial charge in [-0.3, -0.25) is 0 Å². The molecule has 0 saturated carbocycles. The van der Waals surface area contributed by atoms with Crippen LogP contribution < -0.4 is 24.8 Å². The Bertz CT molecular complexity index is 1260. The molecule has 1 heterocycles. The second kappa shape index (κ2) is 8.34. The molecule has 2 aliphatic carbocycles. The molecule has 0 N–H and O–H groups in total. The van der Waals surface area contributed by atoms with Crippen molar-refractivity contribution in [2.24, 2.45) is 7.05 Å². The van der Waals surface area contributed by atoms with Gasteiger partial charge in [0.05, 0.1) is 0 Å². The fraction of sp³-hybridized carbons (Fsp3) is 0.160. The molecule has 29 heavy (non-hydrogen) atoms. The minimum absolute atomic E-state index is 0. The van der Waals surface area contributed by atoms with Crippen molar-refractivity contribution in [2.75, 3.05) is 0 Å². The third kappa shape index (κ3) is 3.12. The van der Waals surface area contributed by atoms with Crippen LogP contribution in [0.4, 0.5) is 0 Å². The number of halogens is 2. The Morgan fingerprint density at radius 1 is 0.966 bits per heavy atom. The topological polar surface area (TPSA) is 4.93 Å². The van der Waals surface area contributed by atoms with Crippen LogP contribution in [0.1, 0.15) is 35.6 Å². The smallest absolute Gasteiger partial charge is 1.00 e. The molecule has 0 amide bonds. The third-order valence-corrected chi connectivity index (χ3v) is 6.24. The van der Waals surface area contributed by atoms with Crippen LogP contribution in [0.15, 0.2) is 78.5 Å². The minimum atomic E-state index is 0. The molecule has 0 spiro atoms. The molecule has 0 fully saturated rings. The van der Waals surface area contributed by atoms with Crippen LogP contribution in [-0.2, 0) is 33.3 Å². The number of hydrogen-bond donors (Lipinski definition) is 0. The number of hydrogen-bond acceptors (Lipinski definition) is 0. The summed E-state index contributed by atoms with van der Waals surface area (Å²) in [5.41, 5.74) is 7.43. The maximum atomic E-state index is 2.38. The molecular weight excluding hydrogens is 476 g/mol. The summed E-state index contributed by atoms with van der Waals surface area (Å²) in [6.07, 6.45) is 9.27. The number of aromatic nitrogens is 1. The standard InChI is InChI=1S/C25H20N.2ClH.Zr/c1-26-14-13-22-19-9-4-5-10-20(19)24(25(22)26)21-12-6-11-18-17-8-3-2-7-16(17)15-23(18)21;;;/h2-3,5-8,10-15,24H,4,9H2,1H3;2*1H;/q-1;;;+3/p-2. The van der Waals surface area contributed by atoms with Crippen molar-refractivity contribution >= 4 is 27.1 Å². The summed E-state index contributed by atoms with van der Waals surface area (Å²) in [6.45, 7) is 0. The Labute approximate surface area is 202 Å². The molecule has 143 valence electrons. The van der Waals surface area contributed by atoms with Gasteiger partial charge in [0.25, 0.3) is 0 Å². The Morgan fingerprint density at radius 2 is 1.76 bits per heavy atom. The molecule has 1 atom stereocenters. The Balaban J connectivity index is 0.000000801. The maximum absolute atomic E-state index is 2.38. The molecule has 3 aromatic carbocycles. The second-order valence-corrected chi connectivity index (χ2v) is 7.57. The van der Waals surface area contributed by atoms with Gasteiger partial charge in [-0.05, 0) is 35.6 Å². The van der Waals surface area contributed by atoms with Gasteiger partial charge < -0.3 is 29.4 Å². The van der Waals surface area contributed by atoms with Gasteiger partial charge in [-0.2, -0.15) is 0 Å². The van der Waals surface area contributed by atoms with Gasteiger partial charge >= 0.3 is 26.2 Å². The molecular formula is C25H20Cl2NZr. The fourth-order valence-corrected chi connectivity index (χ4v) is 5.12. The van der Waals surface area contributed by atoms with Crippen LogP contribution in [0, 0.1) is 0 Å². The van der Waals surface area contributed by atoms with E-state index in [1.165, 1.54) is 43.9 Å². The van der Waals surface area contributed by atoms with E-state index in [1.807, 2.05) is 0 Å². The third-order valence-electron chi connectivity index (χ3n) is 6.24. The van der Waals surface area contributed by atoms with Gasteiger partial charge in [-0.1, -0.05) is 54.1 Å². The molecule has 0 aliphatic heterocycles. The molecule has 2 aliphatic rings. The SMILES string of the molecule is Cn1ccc2c1C(c1cccc3c1[cH-]c1ccccc13)C1=C2CCC=C1.[Cl-].[Cl-].[Zr+3]. The van der Waals surface area contributed by atoms with Crippen LogP contribution in [0.3, 0.4) is 0 Å². The van der Waals surface area contributed by atoms with Crippen molar-refractivity contribution in [1.82, 2.24) is 4.57 Å². The maximum Gasteiger partial charge on any atom is 3.00 e. The van der Waals surface area contributed by atoms with Crippen LogP contribution in [0.25, 0.3) is 27.1 Å². The summed E-state index contributed by atoms with van der Waals surface area (Å²) in [7, 11) is 2.19. The monoisotopic (exact) mass is 494 g/mol.